The van der Waals surface area contributed by atoms with Crippen molar-refractivity contribution in [2.24, 2.45) is 12.5 Å². The number of likely N-dealkylation sites (tertiary alicyclic amines) is 1. The number of hydrogen-bond acceptors (Lipinski definition) is 6. The van der Waals surface area contributed by atoms with Gasteiger partial charge >= 0.3 is 0 Å². The van der Waals surface area contributed by atoms with Gasteiger partial charge in [0.25, 0.3) is 5.91 Å². The molecule has 4 aromatic heterocycles. The second-order valence-electron chi connectivity index (χ2n) is 10.1. The third-order valence-electron chi connectivity index (χ3n) is 7.66. The Morgan fingerprint density at radius 1 is 1.05 bits per heavy atom. The molecule has 1 amide bonds. The van der Waals surface area contributed by atoms with Crippen LogP contribution >= 0.6 is 0 Å². The number of nitriles is 1. The normalized spacial score (nSPS) is 19.3. The maximum Gasteiger partial charge on any atom is 0.298 e. The van der Waals surface area contributed by atoms with Crippen LogP contribution < -0.4 is 4.90 Å². The minimum absolute atomic E-state index is 0.0641. The van der Waals surface area contributed by atoms with E-state index in [1.54, 1.807) is 20.3 Å². The van der Waals surface area contributed by atoms with Gasteiger partial charge in [0.2, 0.25) is 0 Å². The van der Waals surface area contributed by atoms with Crippen molar-refractivity contribution in [3.8, 4) is 40.7 Å². The molecule has 0 aliphatic carbocycles. The molecule has 37 heavy (non-hydrogen) atoms. The Balaban J connectivity index is 1.32. The fraction of sp³-hybridized carbons (Fsp3) is 0.321. The summed E-state index contributed by atoms with van der Waals surface area (Å²) in [7, 11) is 1.88. The summed E-state index contributed by atoms with van der Waals surface area (Å²) in [5, 5.41) is 18.4. The molecule has 6 rings (SSSR count). The topological polar surface area (TPSA) is 95.4 Å². The Kier molecular flexibility index (Phi) is 5.42. The maximum absolute atomic E-state index is 12.0. The number of fused-ring (bicyclic) bond motifs is 1. The number of pyridine rings is 2. The Morgan fingerprint density at radius 3 is 2.68 bits per heavy atom. The minimum Gasteiger partial charge on any atom is -0.356 e. The van der Waals surface area contributed by atoms with Crippen LogP contribution in [0.5, 0.6) is 0 Å². The molecule has 9 heteroatoms. The number of rotatable bonds is 3. The third kappa shape index (κ3) is 3.99. The zero-order valence-electron chi connectivity index (χ0n) is 20.6. The third-order valence-corrected chi connectivity index (χ3v) is 7.66. The molecule has 0 radical (unpaired) electrons. The van der Waals surface area contributed by atoms with Gasteiger partial charge in [0.1, 0.15) is 11.9 Å². The van der Waals surface area contributed by atoms with Gasteiger partial charge in [-0.25, -0.2) is 9.50 Å². The standard InChI is InChI=1S/C28H26N8O/c1-3-26(37)35-10-8-28(19-35)7-4-9-34(18-28)25-6-5-20(13-30-25)24-11-21(23-15-31-33(2)16-23)17-36-27(24)22(12-29)14-32-36/h1,5-6,11,13-17H,4,7-10,18-19H2,2H3. The summed E-state index contributed by atoms with van der Waals surface area (Å²) in [6.45, 7) is 3.22. The average molecular weight is 491 g/mol. The number of aromatic nitrogens is 5. The lowest BCUT2D eigenvalue weighted by Crippen LogP contribution is -2.45. The van der Waals surface area contributed by atoms with Gasteiger partial charge in [-0.15, -0.1) is 6.42 Å². The maximum atomic E-state index is 12.0. The van der Waals surface area contributed by atoms with Gasteiger partial charge in [0, 0.05) is 79.5 Å². The van der Waals surface area contributed by atoms with Crippen molar-refractivity contribution in [3.05, 3.63) is 54.7 Å². The molecule has 0 bridgehead atoms. The van der Waals surface area contributed by atoms with E-state index in [4.69, 9.17) is 11.4 Å². The van der Waals surface area contributed by atoms with Gasteiger partial charge in [-0.3, -0.25) is 9.48 Å². The largest absolute Gasteiger partial charge is 0.356 e. The first-order chi connectivity index (χ1) is 18.0. The van der Waals surface area contributed by atoms with E-state index in [-0.39, 0.29) is 11.3 Å². The molecule has 0 N–H and O–H groups in total. The summed E-state index contributed by atoms with van der Waals surface area (Å²) in [5.74, 6) is 2.96. The first-order valence-corrected chi connectivity index (χ1v) is 12.4. The van der Waals surface area contributed by atoms with Gasteiger partial charge in [-0.2, -0.15) is 15.5 Å². The summed E-state index contributed by atoms with van der Waals surface area (Å²) >= 11 is 0. The second kappa shape index (κ2) is 8.79. The van der Waals surface area contributed by atoms with Crippen LogP contribution in [0.15, 0.2) is 49.2 Å². The molecule has 2 saturated heterocycles. The number of nitrogens with zero attached hydrogens (tertiary/aromatic N) is 8. The molecule has 0 aromatic carbocycles. The molecule has 1 unspecified atom stereocenters. The van der Waals surface area contributed by atoms with E-state index < -0.39 is 0 Å². The van der Waals surface area contributed by atoms with Gasteiger partial charge < -0.3 is 9.80 Å². The first kappa shape index (κ1) is 22.8. The molecule has 1 spiro atoms. The van der Waals surface area contributed by atoms with Crippen molar-refractivity contribution in [2.75, 3.05) is 31.1 Å². The Bertz CT molecular complexity index is 1590. The van der Waals surface area contributed by atoms with Crippen molar-refractivity contribution in [2.45, 2.75) is 19.3 Å². The van der Waals surface area contributed by atoms with E-state index >= 15 is 0 Å². The highest BCUT2D eigenvalue weighted by Gasteiger charge is 2.42. The van der Waals surface area contributed by atoms with E-state index in [2.05, 4.69) is 39.2 Å². The number of carbonyl (C=O) groups is 1. The smallest absolute Gasteiger partial charge is 0.298 e. The minimum atomic E-state index is -0.215. The summed E-state index contributed by atoms with van der Waals surface area (Å²) in [6, 6.07) is 8.43. The van der Waals surface area contributed by atoms with Crippen LogP contribution in [0, 0.1) is 29.1 Å². The highest BCUT2D eigenvalue weighted by molar-refractivity contribution is 5.93. The number of hydrogen-bond donors (Lipinski definition) is 0. The molecule has 2 aliphatic rings. The van der Waals surface area contributed by atoms with E-state index in [0.717, 1.165) is 72.5 Å². The highest BCUT2D eigenvalue weighted by Crippen LogP contribution is 2.40. The molecular formula is C28H26N8O. The van der Waals surface area contributed by atoms with Gasteiger partial charge in [0.15, 0.2) is 0 Å². The number of amides is 1. The predicted molar refractivity (Wildman–Crippen MR) is 139 cm³/mol. The number of carbonyl (C=O) groups excluding carboxylic acids is 1. The van der Waals surface area contributed by atoms with E-state index in [9.17, 15) is 10.1 Å². The van der Waals surface area contributed by atoms with Crippen molar-refractivity contribution in [1.82, 2.24) is 29.3 Å². The molecule has 0 saturated carbocycles. The van der Waals surface area contributed by atoms with Crippen LogP contribution in [0.3, 0.4) is 0 Å². The molecule has 2 aliphatic heterocycles. The molecule has 1 atom stereocenters. The Morgan fingerprint density at radius 2 is 1.95 bits per heavy atom. The number of aryl methyl sites for hydroxylation is 1. The second-order valence-corrected chi connectivity index (χ2v) is 10.1. The van der Waals surface area contributed by atoms with Crippen LogP contribution in [-0.2, 0) is 11.8 Å². The van der Waals surface area contributed by atoms with Crippen LogP contribution in [0.1, 0.15) is 24.8 Å². The van der Waals surface area contributed by atoms with Crippen molar-refractivity contribution in [3.63, 3.8) is 0 Å². The highest BCUT2D eigenvalue weighted by atomic mass is 16.2. The van der Waals surface area contributed by atoms with Crippen LogP contribution in [0.2, 0.25) is 0 Å². The molecular weight excluding hydrogens is 464 g/mol. The first-order valence-electron chi connectivity index (χ1n) is 12.4. The summed E-state index contributed by atoms with van der Waals surface area (Å²) in [5.41, 5.74) is 5.06. The Hall–Kier alpha value is -4.63. The van der Waals surface area contributed by atoms with Gasteiger partial charge in [-0.1, -0.05) is 0 Å². The van der Waals surface area contributed by atoms with Crippen LogP contribution in [0.25, 0.3) is 27.8 Å². The van der Waals surface area contributed by atoms with Crippen LogP contribution in [0.4, 0.5) is 5.82 Å². The lowest BCUT2D eigenvalue weighted by Gasteiger charge is -2.41. The lowest BCUT2D eigenvalue weighted by molar-refractivity contribution is -0.124. The van der Waals surface area contributed by atoms with Gasteiger partial charge in [-0.05, 0) is 43.4 Å². The fourth-order valence-electron chi connectivity index (χ4n) is 5.82. The zero-order chi connectivity index (χ0) is 25.6. The molecule has 184 valence electrons. The van der Waals surface area contributed by atoms with Crippen molar-refractivity contribution in [1.29, 1.82) is 5.26 Å². The van der Waals surface area contributed by atoms with E-state index in [1.165, 1.54) is 0 Å². The average Bonchev–Trinajstić information content (AvgIpc) is 3.66. The summed E-state index contributed by atoms with van der Waals surface area (Å²) < 4.78 is 3.51. The molecule has 6 heterocycles. The number of piperidine rings is 1. The monoisotopic (exact) mass is 490 g/mol. The lowest BCUT2D eigenvalue weighted by atomic mass is 9.79. The SMILES string of the molecule is C#CC(=O)N1CCC2(CCCN(c3ccc(-c4cc(-c5cnn(C)c5)cn5ncc(C#N)c45)cn3)C2)C1. The van der Waals surface area contributed by atoms with E-state index in [0.29, 0.717) is 12.1 Å². The van der Waals surface area contributed by atoms with Crippen molar-refractivity contribution < 1.29 is 4.79 Å². The quantitative estimate of drug-likeness (QED) is 0.410. The van der Waals surface area contributed by atoms with Gasteiger partial charge in [0.05, 0.1) is 23.5 Å². The summed E-state index contributed by atoms with van der Waals surface area (Å²) in [6.07, 6.45) is 17.6. The zero-order valence-corrected chi connectivity index (χ0v) is 20.6. The molecule has 4 aromatic rings. The molecule has 9 nitrogen and oxygen atoms in total. The predicted octanol–water partition coefficient (Wildman–Crippen LogP) is 3.12. The van der Waals surface area contributed by atoms with Crippen molar-refractivity contribution >= 4 is 17.2 Å². The fourth-order valence-corrected chi connectivity index (χ4v) is 5.82. The number of anilines is 1. The number of terminal acetylenes is 1. The molecule has 2 fully saturated rings. The van der Waals surface area contributed by atoms with E-state index in [1.807, 2.05) is 37.9 Å². The Labute approximate surface area is 214 Å². The van der Waals surface area contributed by atoms with Crippen LogP contribution in [-0.4, -0.2) is 61.4 Å². The summed E-state index contributed by atoms with van der Waals surface area (Å²) in [4.78, 5) is 21.0.